The highest BCUT2D eigenvalue weighted by molar-refractivity contribution is 6.30. The van der Waals surface area contributed by atoms with Gasteiger partial charge in [0.1, 0.15) is 0 Å². The van der Waals surface area contributed by atoms with Gasteiger partial charge in [-0.05, 0) is 43.9 Å². The fraction of sp³-hybridized carbons (Fsp3) is 0.500. The summed E-state index contributed by atoms with van der Waals surface area (Å²) < 4.78 is 0. The van der Waals surface area contributed by atoms with Gasteiger partial charge >= 0.3 is 0 Å². The maximum atomic E-state index is 11.8. The van der Waals surface area contributed by atoms with Crippen LogP contribution in [0.15, 0.2) is 24.3 Å². The molecule has 0 aromatic heterocycles. The number of rotatable bonds is 3. The molecule has 1 fully saturated rings. The molecule has 0 saturated carbocycles. The molecule has 1 heterocycles. The number of carbonyl (C=O) groups excluding carboxylic acids is 1. The lowest BCUT2D eigenvalue weighted by Crippen LogP contribution is -2.43. The molecule has 1 aliphatic heterocycles. The molecule has 0 spiro atoms. The SMILES string of the molecule is CC(NC1CCCCNC1=O)c1ccc(Cl)cc1. The van der Waals surface area contributed by atoms with Crippen LogP contribution in [-0.4, -0.2) is 18.5 Å². The highest BCUT2D eigenvalue weighted by atomic mass is 35.5. The Hall–Kier alpha value is -1.06. The van der Waals surface area contributed by atoms with E-state index in [0.29, 0.717) is 0 Å². The van der Waals surface area contributed by atoms with Crippen LogP contribution in [0, 0.1) is 0 Å². The lowest BCUT2D eigenvalue weighted by Gasteiger charge is -2.21. The highest BCUT2D eigenvalue weighted by Gasteiger charge is 2.22. The van der Waals surface area contributed by atoms with Crippen LogP contribution < -0.4 is 10.6 Å². The number of nitrogens with one attached hydrogen (secondary N) is 2. The minimum atomic E-state index is -0.0850. The van der Waals surface area contributed by atoms with Gasteiger partial charge in [0.15, 0.2) is 0 Å². The molecule has 98 valence electrons. The van der Waals surface area contributed by atoms with Crippen molar-refractivity contribution in [2.75, 3.05) is 6.54 Å². The first kappa shape index (κ1) is 13.4. The second kappa shape index (κ2) is 6.21. The number of amides is 1. The minimum absolute atomic E-state index is 0.0850. The molecule has 2 rings (SSSR count). The Kier molecular flexibility index (Phi) is 4.61. The van der Waals surface area contributed by atoms with Gasteiger partial charge in [0.25, 0.3) is 0 Å². The van der Waals surface area contributed by atoms with Crippen LogP contribution in [-0.2, 0) is 4.79 Å². The fourth-order valence-corrected chi connectivity index (χ4v) is 2.37. The van der Waals surface area contributed by atoms with Gasteiger partial charge in [0.05, 0.1) is 6.04 Å². The monoisotopic (exact) mass is 266 g/mol. The van der Waals surface area contributed by atoms with Gasteiger partial charge in [-0.1, -0.05) is 23.7 Å². The van der Waals surface area contributed by atoms with E-state index in [1.165, 1.54) is 0 Å². The molecule has 4 heteroatoms. The van der Waals surface area contributed by atoms with Crippen LogP contribution in [0.4, 0.5) is 0 Å². The smallest absolute Gasteiger partial charge is 0.237 e. The van der Waals surface area contributed by atoms with E-state index in [1.54, 1.807) is 0 Å². The van der Waals surface area contributed by atoms with Gasteiger partial charge in [-0.25, -0.2) is 0 Å². The lowest BCUT2D eigenvalue weighted by molar-refractivity contribution is -0.123. The predicted octanol–water partition coefficient (Wildman–Crippen LogP) is 2.66. The van der Waals surface area contributed by atoms with E-state index >= 15 is 0 Å². The standard InChI is InChI=1S/C14H19ClN2O/c1-10(11-5-7-12(15)8-6-11)17-13-4-2-3-9-16-14(13)18/h5-8,10,13,17H,2-4,9H2,1H3,(H,16,18). The van der Waals surface area contributed by atoms with Gasteiger partial charge in [-0.3, -0.25) is 10.1 Å². The van der Waals surface area contributed by atoms with Crippen LogP contribution in [0.25, 0.3) is 0 Å². The molecule has 0 bridgehead atoms. The molecule has 1 amide bonds. The van der Waals surface area contributed by atoms with Crippen molar-refractivity contribution in [3.63, 3.8) is 0 Å². The summed E-state index contributed by atoms with van der Waals surface area (Å²) in [5, 5.41) is 7.06. The quantitative estimate of drug-likeness (QED) is 0.883. The normalized spacial score (nSPS) is 22.1. The van der Waals surface area contributed by atoms with Gasteiger partial charge in [0.2, 0.25) is 5.91 Å². The molecular weight excluding hydrogens is 248 g/mol. The summed E-state index contributed by atoms with van der Waals surface area (Å²) in [6.07, 6.45) is 3.06. The number of carbonyl (C=O) groups is 1. The third kappa shape index (κ3) is 3.47. The maximum absolute atomic E-state index is 11.8. The summed E-state index contributed by atoms with van der Waals surface area (Å²) in [7, 11) is 0. The van der Waals surface area contributed by atoms with E-state index in [2.05, 4.69) is 17.6 Å². The van der Waals surface area contributed by atoms with Crippen molar-refractivity contribution in [1.29, 1.82) is 0 Å². The van der Waals surface area contributed by atoms with E-state index in [9.17, 15) is 4.79 Å². The van der Waals surface area contributed by atoms with Crippen molar-refractivity contribution in [2.45, 2.75) is 38.3 Å². The summed E-state index contributed by atoms with van der Waals surface area (Å²) >= 11 is 5.87. The molecule has 2 N–H and O–H groups in total. The minimum Gasteiger partial charge on any atom is -0.355 e. The summed E-state index contributed by atoms with van der Waals surface area (Å²) in [5.41, 5.74) is 1.15. The Labute approximate surface area is 113 Å². The van der Waals surface area contributed by atoms with Gasteiger partial charge < -0.3 is 5.32 Å². The molecule has 1 aromatic rings. The first-order chi connectivity index (χ1) is 8.66. The van der Waals surface area contributed by atoms with E-state index in [4.69, 9.17) is 11.6 Å². The average Bonchev–Trinajstić information content (AvgIpc) is 2.56. The average molecular weight is 267 g/mol. The molecular formula is C14H19ClN2O. The second-order valence-corrected chi connectivity index (χ2v) is 5.22. The van der Waals surface area contributed by atoms with Gasteiger partial charge in [0, 0.05) is 17.6 Å². The number of benzene rings is 1. The fourth-order valence-electron chi connectivity index (χ4n) is 2.25. The second-order valence-electron chi connectivity index (χ2n) is 4.78. The van der Waals surface area contributed by atoms with Crippen molar-refractivity contribution >= 4 is 17.5 Å². The van der Waals surface area contributed by atoms with E-state index < -0.39 is 0 Å². The van der Waals surface area contributed by atoms with Crippen molar-refractivity contribution in [2.24, 2.45) is 0 Å². The Morgan fingerprint density at radius 1 is 1.33 bits per heavy atom. The topological polar surface area (TPSA) is 41.1 Å². The molecule has 18 heavy (non-hydrogen) atoms. The van der Waals surface area contributed by atoms with Crippen LogP contribution in [0.1, 0.15) is 37.8 Å². The largest absolute Gasteiger partial charge is 0.355 e. The molecule has 2 atom stereocenters. The Bertz CT molecular complexity index is 405. The van der Waals surface area contributed by atoms with Crippen LogP contribution in [0.5, 0.6) is 0 Å². The third-order valence-electron chi connectivity index (χ3n) is 3.36. The zero-order valence-electron chi connectivity index (χ0n) is 10.6. The Morgan fingerprint density at radius 3 is 2.78 bits per heavy atom. The summed E-state index contributed by atoms with van der Waals surface area (Å²) in [4.78, 5) is 11.8. The number of hydrogen-bond acceptors (Lipinski definition) is 2. The number of hydrogen-bond donors (Lipinski definition) is 2. The van der Waals surface area contributed by atoms with Crippen molar-refractivity contribution in [1.82, 2.24) is 10.6 Å². The predicted molar refractivity (Wildman–Crippen MR) is 73.7 cm³/mol. The van der Waals surface area contributed by atoms with E-state index in [-0.39, 0.29) is 18.0 Å². The first-order valence-corrected chi connectivity index (χ1v) is 6.84. The first-order valence-electron chi connectivity index (χ1n) is 6.46. The Morgan fingerprint density at radius 2 is 2.06 bits per heavy atom. The van der Waals surface area contributed by atoms with Crippen LogP contribution in [0.2, 0.25) is 5.02 Å². The Balaban J connectivity index is 1.99. The summed E-state index contributed by atoms with van der Waals surface area (Å²) in [6.45, 7) is 2.87. The summed E-state index contributed by atoms with van der Waals surface area (Å²) in [5.74, 6) is 0.119. The molecule has 3 nitrogen and oxygen atoms in total. The molecule has 1 saturated heterocycles. The molecule has 2 unspecified atom stereocenters. The van der Waals surface area contributed by atoms with Crippen molar-refractivity contribution in [3.05, 3.63) is 34.9 Å². The molecule has 1 aromatic carbocycles. The summed E-state index contributed by atoms with van der Waals surface area (Å²) in [6, 6.07) is 7.81. The van der Waals surface area contributed by atoms with Crippen LogP contribution >= 0.6 is 11.6 Å². The zero-order valence-corrected chi connectivity index (χ0v) is 11.3. The van der Waals surface area contributed by atoms with Crippen molar-refractivity contribution < 1.29 is 4.79 Å². The van der Waals surface area contributed by atoms with Crippen molar-refractivity contribution in [3.8, 4) is 0 Å². The van der Waals surface area contributed by atoms with Gasteiger partial charge in [-0.2, -0.15) is 0 Å². The third-order valence-corrected chi connectivity index (χ3v) is 3.61. The van der Waals surface area contributed by atoms with E-state index in [1.807, 2.05) is 24.3 Å². The maximum Gasteiger partial charge on any atom is 0.237 e. The highest BCUT2D eigenvalue weighted by Crippen LogP contribution is 2.18. The molecule has 0 aliphatic carbocycles. The zero-order chi connectivity index (χ0) is 13.0. The van der Waals surface area contributed by atoms with Gasteiger partial charge in [-0.15, -0.1) is 0 Å². The molecule has 0 radical (unpaired) electrons. The van der Waals surface area contributed by atoms with Crippen LogP contribution in [0.3, 0.4) is 0 Å². The van der Waals surface area contributed by atoms with E-state index in [0.717, 1.165) is 36.4 Å². The lowest BCUT2D eigenvalue weighted by atomic mass is 10.1. The molecule has 1 aliphatic rings. The number of halogens is 1.